The first kappa shape index (κ1) is 13.5. The molecule has 5 heteroatoms. The zero-order valence-corrected chi connectivity index (χ0v) is 10.8. The van der Waals surface area contributed by atoms with E-state index in [1.807, 2.05) is 18.2 Å². The summed E-state index contributed by atoms with van der Waals surface area (Å²) in [5, 5.41) is 2.75. The summed E-state index contributed by atoms with van der Waals surface area (Å²) in [6.45, 7) is 2.85. The molecule has 0 atom stereocenters. The lowest BCUT2D eigenvalue weighted by molar-refractivity contribution is -0.135. The van der Waals surface area contributed by atoms with Gasteiger partial charge in [-0.15, -0.1) is 0 Å². The molecule has 1 aliphatic heterocycles. The summed E-state index contributed by atoms with van der Waals surface area (Å²) in [4.78, 5) is 25.4. The summed E-state index contributed by atoms with van der Waals surface area (Å²) >= 11 is 0. The number of hydrogen-bond acceptors (Lipinski definition) is 3. The molecular formula is C14H18N2O3. The van der Waals surface area contributed by atoms with Crippen molar-refractivity contribution in [1.29, 1.82) is 0 Å². The van der Waals surface area contributed by atoms with Crippen molar-refractivity contribution in [3.05, 3.63) is 35.9 Å². The van der Waals surface area contributed by atoms with Crippen LogP contribution in [0.4, 0.5) is 0 Å². The summed E-state index contributed by atoms with van der Waals surface area (Å²) in [5.41, 5.74) is 0.612. The molecular weight excluding hydrogens is 244 g/mol. The first-order chi connectivity index (χ1) is 9.27. The first-order valence-corrected chi connectivity index (χ1v) is 6.46. The minimum atomic E-state index is -0.143. The molecule has 0 aliphatic carbocycles. The van der Waals surface area contributed by atoms with Crippen molar-refractivity contribution < 1.29 is 14.3 Å². The van der Waals surface area contributed by atoms with Crippen LogP contribution in [0.5, 0.6) is 0 Å². The number of rotatable bonds is 4. The summed E-state index contributed by atoms with van der Waals surface area (Å²) in [5.74, 6) is -0.0768. The number of nitrogens with zero attached hydrogens (tertiary/aromatic N) is 1. The second kappa shape index (κ2) is 6.89. The maximum absolute atomic E-state index is 11.8. The van der Waals surface area contributed by atoms with Crippen LogP contribution in [0.2, 0.25) is 0 Å². The van der Waals surface area contributed by atoms with Gasteiger partial charge in [-0.25, -0.2) is 0 Å². The van der Waals surface area contributed by atoms with E-state index >= 15 is 0 Å². The zero-order chi connectivity index (χ0) is 13.5. The summed E-state index contributed by atoms with van der Waals surface area (Å²) in [6.07, 6.45) is 0.332. The molecule has 0 spiro atoms. The van der Waals surface area contributed by atoms with Crippen molar-refractivity contribution in [2.75, 3.05) is 32.8 Å². The molecule has 2 rings (SSSR count). The lowest BCUT2D eigenvalue weighted by Crippen LogP contribution is -2.42. The van der Waals surface area contributed by atoms with Crippen LogP contribution in [0.15, 0.2) is 30.3 Å². The van der Waals surface area contributed by atoms with Crippen LogP contribution in [0.1, 0.15) is 16.8 Å². The van der Waals surface area contributed by atoms with Gasteiger partial charge in [-0.1, -0.05) is 18.2 Å². The van der Waals surface area contributed by atoms with Crippen LogP contribution in [-0.2, 0) is 9.53 Å². The average Bonchev–Trinajstić information content (AvgIpc) is 2.49. The van der Waals surface area contributed by atoms with Crippen LogP contribution >= 0.6 is 0 Å². The van der Waals surface area contributed by atoms with Crippen LogP contribution < -0.4 is 5.32 Å². The predicted octanol–water partition coefficient (Wildman–Crippen LogP) is 0.665. The van der Waals surface area contributed by atoms with Gasteiger partial charge in [0.05, 0.1) is 13.2 Å². The van der Waals surface area contributed by atoms with Gasteiger partial charge in [0.25, 0.3) is 5.91 Å². The van der Waals surface area contributed by atoms with E-state index in [4.69, 9.17) is 4.74 Å². The van der Waals surface area contributed by atoms with Gasteiger partial charge >= 0.3 is 0 Å². The predicted molar refractivity (Wildman–Crippen MR) is 70.8 cm³/mol. The average molecular weight is 262 g/mol. The number of nitrogens with one attached hydrogen (secondary N) is 1. The fraction of sp³-hybridized carbons (Fsp3) is 0.429. The lowest BCUT2D eigenvalue weighted by Gasteiger charge is -2.26. The molecule has 102 valence electrons. The van der Waals surface area contributed by atoms with Gasteiger partial charge in [0.2, 0.25) is 5.91 Å². The molecule has 5 nitrogen and oxygen atoms in total. The van der Waals surface area contributed by atoms with Crippen LogP contribution in [0.25, 0.3) is 0 Å². The molecule has 1 aromatic rings. The molecule has 0 radical (unpaired) electrons. The van der Waals surface area contributed by atoms with Gasteiger partial charge < -0.3 is 15.0 Å². The van der Waals surface area contributed by atoms with Crippen molar-refractivity contribution >= 4 is 11.8 Å². The minimum absolute atomic E-state index is 0.0664. The third kappa shape index (κ3) is 4.06. The second-order valence-electron chi connectivity index (χ2n) is 4.37. The Morgan fingerprint density at radius 1 is 1.16 bits per heavy atom. The Bertz CT molecular complexity index is 428. The summed E-state index contributed by atoms with van der Waals surface area (Å²) < 4.78 is 5.19. The molecule has 1 aliphatic rings. The SMILES string of the molecule is O=C(NCCC(=O)N1CCOCC1)c1ccccc1. The third-order valence-electron chi connectivity index (χ3n) is 3.02. The van der Waals surface area contributed by atoms with Crippen molar-refractivity contribution in [3.63, 3.8) is 0 Å². The molecule has 0 saturated carbocycles. The highest BCUT2D eigenvalue weighted by molar-refractivity contribution is 5.94. The standard InChI is InChI=1S/C14H18N2O3/c17-13(16-8-10-19-11-9-16)6-7-15-14(18)12-4-2-1-3-5-12/h1-5H,6-11H2,(H,15,18). The fourth-order valence-corrected chi connectivity index (χ4v) is 1.95. The smallest absolute Gasteiger partial charge is 0.251 e. The van der Waals surface area contributed by atoms with Crippen molar-refractivity contribution in [2.45, 2.75) is 6.42 Å². The topological polar surface area (TPSA) is 58.6 Å². The van der Waals surface area contributed by atoms with E-state index in [0.717, 1.165) is 0 Å². The highest BCUT2D eigenvalue weighted by Gasteiger charge is 2.16. The van der Waals surface area contributed by atoms with Crippen LogP contribution in [-0.4, -0.2) is 49.6 Å². The fourth-order valence-electron chi connectivity index (χ4n) is 1.95. The largest absolute Gasteiger partial charge is 0.378 e. The van der Waals surface area contributed by atoms with Gasteiger partial charge in [0.15, 0.2) is 0 Å². The Balaban J connectivity index is 1.71. The number of morpholine rings is 1. The molecule has 2 amide bonds. The number of hydrogen-bond donors (Lipinski definition) is 1. The van der Waals surface area contributed by atoms with E-state index in [1.165, 1.54) is 0 Å². The maximum Gasteiger partial charge on any atom is 0.251 e. The second-order valence-corrected chi connectivity index (χ2v) is 4.37. The third-order valence-corrected chi connectivity index (χ3v) is 3.02. The van der Waals surface area contributed by atoms with Crippen LogP contribution in [0, 0.1) is 0 Å². The van der Waals surface area contributed by atoms with E-state index in [1.54, 1.807) is 17.0 Å². The zero-order valence-electron chi connectivity index (χ0n) is 10.8. The summed E-state index contributed by atoms with van der Waals surface area (Å²) in [6, 6.07) is 8.98. The van der Waals surface area contributed by atoms with Crippen molar-refractivity contribution in [3.8, 4) is 0 Å². The van der Waals surface area contributed by atoms with E-state index in [9.17, 15) is 9.59 Å². The molecule has 0 aromatic heterocycles. The Kier molecular flexibility index (Phi) is 4.92. The monoisotopic (exact) mass is 262 g/mol. The van der Waals surface area contributed by atoms with Crippen LogP contribution in [0.3, 0.4) is 0 Å². The molecule has 0 unspecified atom stereocenters. The highest BCUT2D eigenvalue weighted by Crippen LogP contribution is 2.01. The van der Waals surface area contributed by atoms with Gasteiger partial charge in [-0.05, 0) is 12.1 Å². The quantitative estimate of drug-likeness (QED) is 0.867. The van der Waals surface area contributed by atoms with Gasteiger partial charge in [-0.2, -0.15) is 0 Å². The first-order valence-electron chi connectivity index (χ1n) is 6.46. The summed E-state index contributed by atoms with van der Waals surface area (Å²) in [7, 11) is 0. The molecule has 0 bridgehead atoms. The van der Waals surface area contributed by atoms with Gasteiger partial charge in [0.1, 0.15) is 0 Å². The number of ether oxygens (including phenoxy) is 1. The van der Waals surface area contributed by atoms with Gasteiger partial charge in [-0.3, -0.25) is 9.59 Å². The molecule has 1 heterocycles. The Hall–Kier alpha value is -1.88. The van der Waals surface area contributed by atoms with Crippen molar-refractivity contribution in [1.82, 2.24) is 10.2 Å². The lowest BCUT2D eigenvalue weighted by atomic mass is 10.2. The Labute approximate surface area is 112 Å². The van der Waals surface area contributed by atoms with E-state index < -0.39 is 0 Å². The van der Waals surface area contributed by atoms with E-state index in [-0.39, 0.29) is 11.8 Å². The number of benzene rings is 1. The Morgan fingerprint density at radius 2 is 1.84 bits per heavy atom. The number of carbonyl (C=O) groups excluding carboxylic acids is 2. The molecule has 1 aromatic carbocycles. The van der Waals surface area contributed by atoms with E-state index in [0.29, 0.717) is 44.8 Å². The number of carbonyl (C=O) groups is 2. The molecule has 1 fully saturated rings. The Morgan fingerprint density at radius 3 is 2.53 bits per heavy atom. The maximum atomic E-state index is 11.8. The molecule has 1 saturated heterocycles. The molecule has 19 heavy (non-hydrogen) atoms. The number of amides is 2. The van der Waals surface area contributed by atoms with E-state index in [2.05, 4.69) is 5.32 Å². The minimum Gasteiger partial charge on any atom is -0.378 e. The van der Waals surface area contributed by atoms with Gasteiger partial charge in [0, 0.05) is 31.6 Å². The highest BCUT2D eigenvalue weighted by atomic mass is 16.5. The van der Waals surface area contributed by atoms with Crippen molar-refractivity contribution in [2.24, 2.45) is 0 Å². The normalized spacial score (nSPS) is 15.1. The molecule has 1 N–H and O–H groups in total.